The number of halogens is 1. The first-order valence-electron chi connectivity index (χ1n) is 3.50. The van der Waals surface area contributed by atoms with Crippen molar-refractivity contribution in [3.63, 3.8) is 0 Å². The number of hydrogen-bond acceptors (Lipinski definition) is 2. The Hall–Kier alpha value is -0.600. The number of hydrogen-bond donors (Lipinski definition) is 0. The molecule has 1 heterocycles. The molecule has 1 rings (SSSR count). The highest BCUT2D eigenvalue weighted by molar-refractivity contribution is 5.59. The number of alkyl halides is 1. The van der Waals surface area contributed by atoms with Crippen LogP contribution in [0.2, 0.25) is 0 Å². The SMILES string of the molecule is CCC1[CH]N(CCF)[C]=N1. The van der Waals surface area contributed by atoms with Crippen molar-refractivity contribution in [1.29, 1.82) is 0 Å². The lowest BCUT2D eigenvalue weighted by Crippen LogP contribution is -2.20. The molecule has 1 aliphatic heterocycles. The van der Waals surface area contributed by atoms with Crippen molar-refractivity contribution in [3.8, 4) is 0 Å². The minimum absolute atomic E-state index is 0.228. The van der Waals surface area contributed by atoms with Crippen molar-refractivity contribution in [3.05, 3.63) is 6.54 Å². The van der Waals surface area contributed by atoms with Crippen LogP contribution in [-0.2, 0) is 0 Å². The summed E-state index contributed by atoms with van der Waals surface area (Å²) in [7, 11) is 0. The lowest BCUT2D eigenvalue weighted by atomic mass is 10.2. The maximum absolute atomic E-state index is 11.7. The summed E-state index contributed by atoms with van der Waals surface area (Å²) >= 11 is 0. The average molecular weight is 142 g/mol. The summed E-state index contributed by atoms with van der Waals surface area (Å²) < 4.78 is 11.7. The largest absolute Gasteiger partial charge is 0.344 e. The molecule has 2 nitrogen and oxygen atoms in total. The molecule has 1 atom stereocenters. The first-order chi connectivity index (χ1) is 4.86. The monoisotopic (exact) mass is 142 g/mol. The van der Waals surface area contributed by atoms with Gasteiger partial charge in [0.25, 0.3) is 0 Å². The van der Waals surface area contributed by atoms with E-state index in [1.54, 1.807) is 4.90 Å². The van der Waals surface area contributed by atoms with Gasteiger partial charge in [-0.05, 0) is 6.42 Å². The summed E-state index contributed by atoms with van der Waals surface area (Å²) in [5.41, 5.74) is 0. The standard InChI is InChI=1S/C7H11FN2/c1-2-7-5-10(4-3-8)6-9-7/h5,7H,2-4H2,1H3. The second kappa shape index (κ2) is 3.54. The van der Waals surface area contributed by atoms with Gasteiger partial charge in [0.05, 0.1) is 12.6 Å². The Balaban J connectivity index is 2.24. The smallest absolute Gasteiger partial charge is 0.167 e. The maximum atomic E-state index is 11.7. The predicted octanol–water partition coefficient (Wildman–Crippen LogP) is 1.12. The molecule has 0 spiro atoms. The van der Waals surface area contributed by atoms with Crippen LogP contribution >= 0.6 is 0 Å². The van der Waals surface area contributed by atoms with Crippen LogP contribution in [0.4, 0.5) is 4.39 Å². The zero-order valence-electron chi connectivity index (χ0n) is 6.05. The second-order valence-electron chi connectivity index (χ2n) is 2.24. The Morgan fingerprint density at radius 3 is 3.10 bits per heavy atom. The van der Waals surface area contributed by atoms with Gasteiger partial charge in [-0.25, -0.2) is 4.39 Å². The third-order valence-electron chi connectivity index (χ3n) is 1.45. The minimum Gasteiger partial charge on any atom is -0.344 e. The highest BCUT2D eigenvalue weighted by Crippen LogP contribution is 2.10. The van der Waals surface area contributed by atoms with Gasteiger partial charge >= 0.3 is 0 Å². The third-order valence-corrected chi connectivity index (χ3v) is 1.45. The summed E-state index contributed by atoms with van der Waals surface area (Å²) in [6.45, 7) is 4.00. The van der Waals surface area contributed by atoms with E-state index in [1.165, 1.54) is 0 Å². The molecular weight excluding hydrogens is 131 g/mol. The number of nitrogens with zero attached hydrogens (tertiary/aromatic N) is 2. The van der Waals surface area contributed by atoms with Crippen molar-refractivity contribution in [2.45, 2.75) is 19.4 Å². The lowest BCUT2D eigenvalue weighted by molar-refractivity contribution is 0.400. The van der Waals surface area contributed by atoms with Crippen LogP contribution in [0.1, 0.15) is 13.3 Å². The van der Waals surface area contributed by atoms with E-state index >= 15 is 0 Å². The van der Waals surface area contributed by atoms with Crippen LogP contribution in [0.3, 0.4) is 0 Å². The molecule has 0 aromatic heterocycles. The van der Waals surface area contributed by atoms with Crippen LogP contribution in [0.15, 0.2) is 4.99 Å². The minimum atomic E-state index is -0.338. The molecule has 3 heteroatoms. The molecule has 0 saturated carbocycles. The zero-order chi connectivity index (χ0) is 7.40. The van der Waals surface area contributed by atoms with Crippen molar-refractivity contribution < 1.29 is 4.39 Å². The summed E-state index contributed by atoms with van der Waals surface area (Å²) in [6.07, 6.45) is 3.69. The van der Waals surface area contributed by atoms with E-state index in [1.807, 2.05) is 13.5 Å². The molecule has 0 N–H and O–H groups in total. The predicted molar refractivity (Wildman–Crippen MR) is 38.5 cm³/mol. The van der Waals surface area contributed by atoms with Gasteiger partial charge in [0.1, 0.15) is 6.67 Å². The maximum Gasteiger partial charge on any atom is 0.167 e. The topological polar surface area (TPSA) is 15.6 Å². The normalized spacial score (nSPS) is 24.2. The van der Waals surface area contributed by atoms with Crippen molar-refractivity contribution in [2.75, 3.05) is 13.2 Å². The van der Waals surface area contributed by atoms with E-state index in [9.17, 15) is 4.39 Å². The van der Waals surface area contributed by atoms with Gasteiger partial charge < -0.3 is 4.90 Å². The summed E-state index contributed by atoms with van der Waals surface area (Å²) in [4.78, 5) is 5.68. The van der Waals surface area contributed by atoms with Crippen LogP contribution in [0, 0.1) is 6.54 Å². The highest BCUT2D eigenvalue weighted by atomic mass is 19.1. The Kier molecular flexibility index (Phi) is 2.66. The van der Waals surface area contributed by atoms with Crippen molar-refractivity contribution >= 4 is 6.34 Å². The fourth-order valence-electron chi connectivity index (χ4n) is 0.835. The molecule has 0 aromatic carbocycles. The Labute approximate surface area is 60.7 Å². The van der Waals surface area contributed by atoms with Crippen LogP contribution in [0.25, 0.3) is 0 Å². The van der Waals surface area contributed by atoms with Crippen LogP contribution in [-0.4, -0.2) is 30.5 Å². The fourth-order valence-corrected chi connectivity index (χ4v) is 0.835. The molecule has 10 heavy (non-hydrogen) atoms. The molecule has 0 amide bonds. The van der Waals surface area contributed by atoms with Gasteiger partial charge in [-0.15, -0.1) is 0 Å². The molecular formula is C7H11FN2. The van der Waals surface area contributed by atoms with Gasteiger partial charge in [-0.2, -0.15) is 0 Å². The van der Waals surface area contributed by atoms with E-state index in [4.69, 9.17) is 0 Å². The molecule has 1 aliphatic rings. The Morgan fingerprint density at radius 2 is 2.60 bits per heavy atom. The average Bonchev–Trinajstić information content (AvgIpc) is 2.37. The van der Waals surface area contributed by atoms with E-state index in [0.29, 0.717) is 6.54 Å². The van der Waals surface area contributed by atoms with E-state index < -0.39 is 0 Å². The first kappa shape index (κ1) is 7.51. The zero-order valence-corrected chi connectivity index (χ0v) is 6.05. The van der Waals surface area contributed by atoms with Gasteiger partial charge in [-0.3, -0.25) is 4.99 Å². The van der Waals surface area contributed by atoms with Crippen molar-refractivity contribution in [1.82, 2.24) is 4.90 Å². The van der Waals surface area contributed by atoms with Crippen molar-refractivity contribution in [2.24, 2.45) is 4.99 Å². The molecule has 2 radical (unpaired) electrons. The fraction of sp³-hybridized carbons (Fsp3) is 0.714. The number of aliphatic imine (C=N–C) groups is 1. The van der Waals surface area contributed by atoms with Gasteiger partial charge in [0, 0.05) is 6.54 Å². The van der Waals surface area contributed by atoms with E-state index in [-0.39, 0.29) is 12.7 Å². The molecule has 0 fully saturated rings. The van der Waals surface area contributed by atoms with Gasteiger partial charge in [0.15, 0.2) is 6.34 Å². The van der Waals surface area contributed by atoms with E-state index in [2.05, 4.69) is 11.3 Å². The van der Waals surface area contributed by atoms with Gasteiger partial charge in [0.2, 0.25) is 0 Å². The Bertz CT molecular complexity index is 125. The van der Waals surface area contributed by atoms with Crippen LogP contribution < -0.4 is 0 Å². The molecule has 0 aliphatic carbocycles. The molecule has 0 aromatic rings. The third kappa shape index (κ3) is 1.69. The molecule has 0 saturated heterocycles. The molecule has 56 valence electrons. The molecule has 1 unspecified atom stereocenters. The summed E-state index contributed by atoms with van der Waals surface area (Å²) in [6, 6.07) is 0.228. The highest BCUT2D eigenvalue weighted by Gasteiger charge is 2.15. The lowest BCUT2D eigenvalue weighted by Gasteiger charge is -2.10. The van der Waals surface area contributed by atoms with E-state index in [0.717, 1.165) is 6.42 Å². The number of rotatable bonds is 3. The Morgan fingerprint density at radius 1 is 1.80 bits per heavy atom. The summed E-state index contributed by atoms with van der Waals surface area (Å²) in [5, 5.41) is 0. The quantitative estimate of drug-likeness (QED) is 0.576. The summed E-state index contributed by atoms with van der Waals surface area (Å²) in [5.74, 6) is 0. The van der Waals surface area contributed by atoms with Crippen LogP contribution in [0.5, 0.6) is 0 Å². The van der Waals surface area contributed by atoms with Gasteiger partial charge in [-0.1, -0.05) is 6.92 Å². The molecule has 0 bridgehead atoms. The second-order valence-corrected chi connectivity index (χ2v) is 2.24. The first-order valence-corrected chi connectivity index (χ1v) is 3.50.